The minimum absolute atomic E-state index is 0.0228. The molecule has 6 rings (SSSR count). The van der Waals surface area contributed by atoms with E-state index in [0.29, 0.717) is 25.7 Å². The average Bonchev–Trinajstić information content (AvgIpc) is 2.72. The molecule has 1 amide bonds. The SMILES string of the molecule is O=C(COc1ccc(Cl)c(F)c1)CC12CC(NC(=O)C3COc4cc(F)c(F)cc4O3)(C1)C2. The molecule has 1 unspecified atom stereocenters. The van der Waals surface area contributed by atoms with Crippen molar-refractivity contribution in [2.45, 2.75) is 37.3 Å². The number of nitrogens with one attached hydrogen (secondary N) is 1. The highest BCUT2D eigenvalue weighted by molar-refractivity contribution is 6.30. The number of rotatable bonds is 7. The Balaban J connectivity index is 1.09. The third kappa shape index (κ3) is 4.10. The topological polar surface area (TPSA) is 73.9 Å². The van der Waals surface area contributed by atoms with Crippen LogP contribution in [0.25, 0.3) is 0 Å². The van der Waals surface area contributed by atoms with Crippen LogP contribution in [0.2, 0.25) is 5.02 Å². The minimum atomic E-state index is -1.09. The van der Waals surface area contributed by atoms with E-state index < -0.39 is 35.0 Å². The maximum absolute atomic E-state index is 13.5. The number of benzene rings is 2. The summed E-state index contributed by atoms with van der Waals surface area (Å²) in [6.45, 7) is -0.293. The fraction of sp³-hybridized carbons (Fsp3) is 0.391. The maximum atomic E-state index is 13.5. The summed E-state index contributed by atoms with van der Waals surface area (Å²) in [5.41, 5.74) is -0.564. The van der Waals surface area contributed by atoms with Crippen LogP contribution in [-0.2, 0) is 9.59 Å². The van der Waals surface area contributed by atoms with Gasteiger partial charge in [-0.05, 0) is 36.8 Å². The lowest BCUT2D eigenvalue weighted by Gasteiger charge is -2.70. The second-order valence-electron chi connectivity index (χ2n) is 9.01. The molecule has 3 saturated carbocycles. The molecule has 1 atom stereocenters. The number of fused-ring (bicyclic) bond motifs is 1. The predicted molar refractivity (Wildman–Crippen MR) is 110 cm³/mol. The van der Waals surface area contributed by atoms with Crippen LogP contribution < -0.4 is 19.5 Å². The molecule has 4 aliphatic rings. The minimum Gasteiger partial charge on any atom is -0.486 e. The Labute approximate surface area is 191 Å². The van der Waals surface area contributed by atoms with Gasteiger partial charge in [-0.2, -0.15) is 0 Å². The molecule has 2 aromatic carbocycles. The Morgan fingerprint density at radius 2 is 1.76 bits per heavy atom. The lowest BCUT2D eigenvalue weighted by atomic mass is 9.38. The molecule has 6 nitrogen and oxygen atoms in total. The Morgan fingerprint density at radius 1 is 1.06 bits per heavy atom. The molecule has 0 spiro atoms. The van der Waals surface area contributed by atoms with E-state index in [1.54, 1.807) is 0 Å². The van der Waals surface area contributed by atoms with Gasteiger partial charge in [0, 0.05) is 30.2 Å². The number of carbonyl (C=O) groups excluding carboxylic acids is 2. The molecular formula is C23H19ClF3NO5. The summed E-state index contributed by atoms with van der Waals surface area (Å²) in [6, 6.07) is 5.71. The second-order valence-corrected chi connectivity index (χ2v) is 9.42. The van der Waals surface area contributed by atoms with Crippen molar-refractivity contribution < 1.29 is 37.0 Å². The summed E-state index contributed by atoms with van der Waals surface area (Å²) in [5, 5.41) is 2.92. The molecule has 1 aliphatic heterocycles. The van der Waals surface area contributed by atoms with Crippen LogP contribution in [0.15, 0.2) is 30.3 Å². The van der Waals surface area contributed by atoms with E-state index in [0.717, 1.165) is 18.2 Å². The van der Waals surface area contributed by atoms with Gasteiger partial charge < -0.3 is 19.5 Å². The fourth-order valence-corrected chi connectivity index (χ4v) is 5.17. The van der Waals surface area contributed by atoms with Crippen LogP contribution in [0.4, 0.5) is 13.2 Å². The van der Waals surface area contributed by atoms with Crippen LogP contribution in [0, 0.1) is 22.9 Å². The molecule has 1 heterocycles. The molecule has 0 aromatic heterocycles. The maximum Gasteiger partial charge on any atom is 0.265 e. The number of Topliss-reactive ketones (excluding diaryl/α,β-unsaturated/α-hetero) is 1. The van der Waals surface area contributed by atoms with Crippen molar-refractivity contribution >= 4 is 23.3 Å². The normalized spacial score (nSPS) is 26.6. The van der Waals surface area contributed by atoms with E-state index >= 15 is 0 Å². The number of carbonyl (C=O) groups is 2. The molecule has 0 radical (unpaired) electrons. The highest BCUT2D eigenvalue weighted by atomic mass is 35.5. The lowest BCUT2D eigenvalue weighted by molar-refractivity contribution is -0.176. The van der Waals surface area contributed by atoms with E-state index in [-0.39, 0.29) is 46.7 Å². The van der Waals surface area contributed by atoms with Gasteiger partial charge in [0.25, 0.3) is 5.91 Å². The van der Waals surface area contributed by atoms with Gasteiger partial charge in [0.05, 0.1) is 5.02 Å². The summed E-state index contributed by atoms with van der Waals surface area (Å²) < 4.78 is 56.4. The van der Waals surface area contributed by atoms with Crippen molar-refractivity contribution in [2.75, 3.05) is 13.2 Å². The van der Waals surface area contributed by atoms with Gasteiger partial charge in [0.2, 0.25) is 6.10 Å². The third-order valence-electron chi connectivity index (χ3n) is 6.33. The summed E-state index contributed by atoms with van der Waals surface area (Å²) in [4.78, 5) is 24.9. The van der Waals surface area contributed by atoms with Crippen molar-refractivity contribution in [3.63, 3.8) is 0 Å². The number of hydrogen-bond acceptors (Lipinski definition) is 5. The van der Waals surface area contributed by atoms with E-state index in [1.165, 1.54) is 12.1 Å². The zero-order valence-electron chi connectivity index (χ0n) is 17.3. The van der Waals surface area contributed by atoms with Gasteiger partial charge in [-0.25, -0.2) is 13.2 Å². The zero-order chi connectivity index (χ0) is 23.4. The molecule has 174 valence electrons. The summed E-state index contributed by atoms with van der Waals surface area (Å²) in [5.74, 6) is -3.03. The summed E-state index contributed by atoms with van der Waals surface area (Å²) >= 11 is 5.62. The van der Waals surface area contributed by atoms with Crippen molar-refractivity contribution in [1.29, 1.82) is 0 Å². The average molecular weight is 482 g/mol. The number of hydrogen-bond donors (Lipinski definition) is 1. The fourth-order valence-electron chi connectivity index (χ4n) is 5.06. The number of amides is 1. The monoisotopic (exact) mass is 481 g/mol. The van der Waals surface area contributed by atoms with Crippen LogP contribution in [-0.4, -0.2) is 36.5 Å². The quantitative estimate of drug-likeness (QED) is 0.647. The van der Waals surface area contributed by atoms with Gasteiger partial charge >= 0.3 is 0 Å². The van der Waals surface area contributed by atoms with Crippen LogP contribution in [0.5, 0.6) is 17.2 Å². The molecule has 2 aromatic rings. The van der Waals surface area contributed by atoms with E-state index in [4.69, 9.17) is 25.8 Å². The van der Waals surface area contributed by atoms with Crippen molar-refractivity contribution in [1.82, 2.24) is 5.32 Å². The molecule has 3 fully saturated rings. The van der Waals surface area contributed by atoms with Gasteiger partial charge in [-0.1, -0.05) is 11.6 Å². The highest BCUT2D eigenvalue weighted by Gasteiger charge is 2.68. The van der Waals surface area contributed by atoms with Crippen LogP contribution in [0.3, 0.4) is 0 Å². The Hall–Kier alpha value is -2.94. The third-order valence-corrected chi connectivity index (χ3v) is 6.64. The van der Waals surface area contributed by atoms with Crippen molar-refractivity contribution in [3.8, 4) is 17.2 Å². The van der Waals surface area contributed by atoms with Crippen molar-refractivity contribution in [3.05, 3.63) is 52.8 Å². The van der Waals surface area contributed by atoms with Gasteiger partial charge in [0.1, 0.15) is 24.8 Å². The van der Waals surface area contributed by atoms with Gasteiger partial charge in [-0.3, -0.25) is 9.59 Å². The number of ether oxygens (including phenoxy) is 3. The number of halogens is 4. The Morgan fingerprint density at radius 3 is 2.45 bits per heavy atom. The van der Waals surface area contributed by atoms with Crippen molar-refractivity contribution in [2.24, 2.45) is 5.41 Å². The molecular weight excluding hydrogens is 463 g/mol. The molecule has 3 aliphatic carbocycles. The van der Waals surface area contributed by atoms with Crippen LogP contribution >= 0.6 is 11.6 Å². The predicted octanol–water partition coefficient (Wildman–Crippen LogP) is 3.97. The molecule has 0 saturated heterocycles. The van der Waals surface area contributed by atoms with Gasteiger partial charge in [-0.15, -0.1) is 0 Å². The van der Waals surface area contributed by atoms with Gasteiger partial charge in [0.15, 0.2) is 28.9 Å². The first-order valence-corrected chi connectivity index (χ1v) is 10.7. The lowest BCUT2D eigenvalue weighted by Crippen LogP contribution is -2.76. The first-order chi connectivity index (χ1) is 15.7. The Bertz CT molecular complexity index is 1140. The Kier molecular flexibility index (Phi) is 5.19. The van der Waals surface area contributed by atoms with E-state index in [2.05, 4.69) is 5.32 Å². The molecule has 10 heteroatoms. The van der Waals surface area contributed by atoms with E-state index in [1.807, 2.05) is 0 Å². The first kappa shape index (κ1) is 21.9. The zero-order valence-corrected chi connectivity index (χ0v) is 18.0. The number of ketones is 1. The smallest absolute Gasteiger partial charge is 0.265 e. The summed E-state index contributed by atoms with van der Waals surface area (Å²) in [7, 11) is 0. The van der Waals surface area contributed by atoms with E-state index in [9.17, 15) is 22.8 Å². The molecule has 1 N–H and O–H groups in total. The molecule has 2 bridgehead atoms. The molecule has 33 heavy (non-hydrogen) atoms. The highest BCUT2D eigenvalue weighted by Crippen LogP contribution is 2.69. The van der Waals surface area contributed by atoms with Crippen LogP contribution in [0.1, 0.15) is 25.7 Å². The summed E-state index contributed by atoms with van der Waals surface area (Å²) in [6.07, 6.45) is 1.27. The standard InChI is InChI=1S/C23H19ClF3NO5/c24-14-2-1-13(3-15(14)25)31-7-12(29)6-22-9-23(10-22,11-22)28-21(30)20-8-32-18-4-16(26)17(27)5-19(18)33-20/h1-5,20H,6-11H2,(H,28,30). The first-order valence-electron chi connectivity index (χ1n) is 10.4. The largest absolute Gasteiger partial charge is 0.486 e. The second kappa shape index (κ2) is 7.83.